The summed E-state index contributed by atoms with van der Waals surface area (Å²) in [6.45, 7) is 15.1. The Morgan fingerprint density at radius 3 is 2.17 bits per heavy atom. The molecule has 1 rings (SSSR count). The van der Waals surface area contributed by atoms with Crippen molar-refractivity contribution in [3.8, 4) is 6.07 Å². The maximum absolute atomic E-state index is 12.6. The molecule has 0 amide bonds. The van der Waals surface area contributed by atoms with Gasteiger partial charge in [-0.15, -0.1) is 0 Å². The minimum atomic E-state index is -4.57. The first-order valence-electron chi connectivity index (χ1n) is 7.33. The molecule has 0 saturated carbocycles. The lowest BCUT2D eigenvalue weighted by Gasteiger charge is -2.09. The number of halogens is 3. The van der Waals surface area contributed by atoms with Gasteiger partial charge in [-0.1, -0.05) is 59.1 Å². The van der Waals surface area contributed by atoms with Gasteiger partial charge in [0.05, 0.1) is 11.6 Å². The zero-order valence-electron chi connectivity index (χ0n) is 14.0. The first kappa shape index (κ1) is 22.9. The summed E-state index contributed by atoms with van der Waals surface area (Å²) in [5.74, 6) is 0. The SMILES string of the molecule is C=C/C=C(\C=C)Cc1cc(C#N)cc(C(F)(F)F)n1.CC.CC. The Balaban J connectivity index is 0. The van der Waals surface area contributed by atoms with Crippen molar-refractivity contribution >= 4 is 0 Å². The Bertz CT molecular complexity index is 565. The molecule has 0 aliphatic heterocycles. The number of aromatic nitrogens is 1. The number of rotatable bonds is 4. The van der Waals surface area contributed by atoms with Crippen LogP contribution in [0.25, 0.3) is 0 Å². The van der Waals surface area contributed by atoms with E-state index in [4.69, 9.17) is 5.26 Å². The first-order valence-corrected chi connectivity index (χ1v) is 7.33. The number of nitrogens with zero attached hydrogens (tertiary/aromatic N) is 2. The minimum Gasteiger partial charge on any atom is -0.248 e. The summed E-state index contributed by atoms with van der Waals surface area (Å²) in [6.07, 6.45) is 0.235. The van der Waals surface area contributed by atoms with Crippen molar-refractivity contribution in [1.82, 2.24) is 4.98 Å². The van der Waals surface area contributed by atoms with E-state index in [1.807, 2.05) is 27.7 Å². The maximum atomic E-state index is 12.6. The van der Waals surface area contributed by atoms with Crippen molar-refractivity contribution in [2.24, 2.45) is 0 Å². The second-order valence-corrected chi connectivity index (χ2v) is 3.70. The summed E-state index contributed by atoms with van der Waals surface area (Å²) >= 11 is 0. The molecule has 0 spiro atoms. The molecule has 5 heteroatoms. The van der Waals surface area contributed by atoms with Crippen LogP contribution in [0.4, 0.5) is 13.2 Å². The Morgan fingerprint density at radius 2 is 1.78 bits per heavy atom. The summed E-state index contributed by atoms with van der Waals surface area (Å²) in [7, 11) is 0. The highest BCUT2D eigenvalue weighted by Gasteiger charge is 2.33. The summed E-state index contributed by atoms with van der Waals surface area (Å²) < 4.78 is 37.9. The van der Waals surface area contributed by atoms with Crippen LogP contribution in [0.1, 0.15) is 44.6 Å². The van der Waals surface area contributed by atoms with Gasteiger partial charge < -0.3 is 0 Å². The molecule has 0 aromatic carbocycles. The molecule has 126 valence electrons. The predicted octanol–water partition coefficient (Wildman–Crippen LogP) is 5.87. The third-order valence-electron chi connectivity index (χ3n) is 2.28. The van der Waals surface area contributed by atoms with E-state index in [0.717, 1.165) is 6.07 Å². The summed E-state index contributed by atoms with van der Waals surface area (Å²) in [6, 6.07) is 3.76. The van der Waals surface area contributed by atoms with Crippen LogP contribution >= 0.6 is 0 Å². The molecular formula is C18H23F3N2. The van der Waals surface area contributed by atoms with Gasteiger partial charge in [-0.2, -0.15) is 18.4 Å². The maximum Gasteiger partial charge on any atom is 0.433 e. The highest BCUT2D eigenvalue weighted by atomic mass is 19.4. The third kappa shape index (κ3) is 8.62. The zero-order valence-corrected chi connectivity index (χ0v) is 14.0. The molecule has 0 radical (unpaired) electrons. The molecule has 0 atom stereocenters. The van der Waals surface area contributed by atoms with Gasteiger partial charge in [-0.25, -0.2) is 4.98 Å². The molecular weight excluding hydrogens is 301 g/mol. The van der Waals surface area contributed by atoms with E-state index in [2.05, 4.69) is 18.1 Å². The smallest absolute Gasteiger partial charge is 0.248 e. The number of pyridine rings is 1. The van der Waals surface area contributed by atoms with Crippen molar-refractivity contribution in [2.45, 2.75) is 40.3 Å². The number of nitriles is 1. The van der Waals surface area contributed by atoms with Crippen molar-refractivity contribution < 1.29 is 13.2 Å². The topological polar surface area (TPSA) is 36.7 Å². The standard InChI is InChI=1S/C14H11F3N2.2C2H6/c1-3-5-10(4-2)6-12-7-11(9-18)8-13(19-12)14(15,16)17;2*1-2/h3-5,7-8H,1-2,6H2;2*1-2H3/b10-5+;;. The molecule has 0 aliphatic carbocycles. The van der Waals surface area contributed by atoms with E-state index in [9.17, 15) is 13.2 Å². The molecule has 0 bridgehead atoms. The van der Waals surface area contributed by atoms with Crippen LogP contribution in [-0.2, 0) is 12.6 Å². The molecule has 23 heavy (non-hydrogen) atoms. The molecule has 1 heterocycles. The van der Waals surface area contributed by atoms with Crippen molar-refractivity contribution in [1.29, 1.82) is 5.26 Å². The van der Waals surface area contributed by atoms with Crippen molar-refractivity contribution in [3.05, 3.63) is 66.0 Å². The highest BCUT2D eigenvalue weighted by Crippen LogP contribution is 2.28. The fourth-order valence-corrected chi connectivity index (χ4v) is 1.45. The van der Waals surface area contributed by atoms with E-state index in [0.29, 0.717) is 5.57 Å². The van der Waals surface area contributed by atoms with Crippen LogP contribution in [0.3, 0.4) is 0 Å². The van der Waals surface area contributed by atoms with Gasteiger partial charge in [-0.05, 0) is 17.7 Å². The Hall–Kier alpha value is -2.35. The van der Waals surface area contributed by atoms with E-state index in [1.54, 1.807) is 12.1 Å². The Labute approximate surface area is 136 Å². The fourth-order valence-electron chi connectivity index (χ4n) is 1.45. The van der Waals surface area contributed by atoms with Crippen molar-refractivity contribution in [2.75, 3.05) is 0 Å². The lowest BCUT2D eigenvalue weighted by Crippen LogP contribution is -2.10. The predicted molar refractivity (Wildman–Crippen MR) is 88.8 cm³/mol. The molecule has 1 aromatic heterocycles. The zero-order chi connectivity index (χ0) is 18.5. The third-order valence-corrected chi connectivity index (χ3v) is 2.28. The number of allylic oxidation sites excluding steroid dienone is 4. The van der Waals surface area contributed by atoms with Gasteiger partial charge in [0.15, 0.2) is 0 Å². The second-order valence-electron chi connectivity index (χ2n) is 3.70. The normalized spacial score (nSPS) is 10.3. The minimum absolute atomic E-state index is 0.0701. The van der Waals surface area contributed by atoms with Gasteiger partial charge in [0.25, 0.3) is 0 Å². The van der Waals surface area contributed by atoms with Gasteiger partial charge in [-0.3, -0.25) is 0 Å². The Morgan fingerprint density at radius 1 is 1.22 bits per heavy atom. The van der Waals surface area contributed by atoms with Crippen molar-refractivity contribution in [3.63, 3.8) is 0 Å². The Kier molecular flexibility index (Phi) is 12.2. The lowest BCUT2D eigenvalue weighted by atomic mass is 10.1. The van der Waals surface area contributed by atoms with Crippen LogP contribution in [0, 0.1) is 11.3 Å². The molecule has 0 aliphatic rings. The molecule has 1 aromatic rings. The van der Waals surface area contributed by atoms with Gasteiger partial charge in [0, 0.05) is 12.1 Å². The first-order chi connectivity index (χ1) is 10.9. The second kappa shape index (κ2) is 12.2. The summed E-state index contributed by atoms with van der Waals surface area (Å²) in [4.78, 5) is 3.52. The number of hydrogen-bond acceptors (Lipinski definition) is 2. The van der Waals surface area contributed by atoms with Crippen LogP contribution in [-0.4, -0.2) is 4.98 Å². The van der Waals surface area contributed by atoms with Gasteiger partial charge >= 0.3 is 6.18 Å². The van der Waals surface area contributed by atoms with Gasteiger partial charge in [0.1, 0.15) is 5.69 Å². The average molecular weight is 324 g/mol. The summed E-state index contributed by atoms with van der Waals surface area (Å²) in [5.41, 5.74) is -0.298. The molecule has 0 fully saturated rings. The fraction of sp³-hybridized carbons (Fsp3) is 0.333. The summed E-state index contributed by atoms with van der Waals surface area (Å²) in [5, 5.41) is 8.75. The molecule has 0 unspecified atom stereocenters. The van der Waals surface area contributed by atoms with Crippen LogP contribution in [0.5, 0.6) is 0 Å². The molecule has 2 nitrogen and oxygen atoms in total. The highest BCUT2D eigenvalue weighted by molar-refractivity contribution is 5.36. The molecule has 0 saturated heterocycles. The van der Waals surface area contributed by atoms with Crippen LogP contribution in [0.2, 0.25) is 0 Å². The van der Waals surface area contributed by atoms with Crippen LogP contribution in [0.15, 0.2) is 49.1 Å². The number of hydrogen-bond donors (Lipinski definition) is 0. The largest absolute Gasteiger partial charge is 0.433 e. The van der Waals surface area contributed by atoms with E-state index in [1.165, 1.54) is 18.2 Å². The quantitative estimate of drug-likeness (QED) is 0.650. The van der Waals surface area contributed by atoms with Crippen LogP contribution < -0.4 is 0 Å². The lowest BCUT2D eigenvalue weighted by molar-refractivity contribution is -0.141. The monoisotopic (exact) mass is 324 g/mol. The van der Waals surface area contributed by atoms with E-state index < -0.39 is 11.9 Å². The number of alkyl halides is 3. The molecule has 0 N–H and O–H groups in total. The van der Waals surface area contributed by atoms with Gasteiger partial charge in [0.2, 0.25) is 0 Å². The average Bonchev–Trinajstić information content (AvgIpc) is 2.57. The van der Waals surface area contributed by atoms with E-state index in [-0.39, 0.29) is 17.7 Å². The van der Waals surface area contributed by atoms with E-state index >= 15 is 0 Å².